The highest BCUT2D eigenvalue weighted by atomic mass is 16.4. The van der Waals surface area contributed by atoms with Gasteiger partial charge in [0.05, 0.1) is 11.9 Å². The van der Waals surface area contributed by atoms with Crippen molar-refractivity contribution in [3.63, 3.8) is 0 Å². The number of hydrogen-bond acceptors (Lipinski definition) is 3. The molecule has 0 unspecified atom stereocenters. The van der Waals surface area contributed by atoms with Gasteiger partial charge in [0.15, 0.2) is 0 Å². The van der Waals surface area contributed by atoms with Crippen LogP contribution in [0.15, 0.2) is 52.0 Å². The number of carbonyl (C=O) groups is 1. The summed E-state index contributed by atoms with van der Waals surface area (Å²) < 4.78 is 7.11. The summed E-state index contributed by atoms with van der Waals surface area (Å²) >= 11 is 0. The van der Waals surface area contributed by atoms with Crippen LogP contribution in [0.5, 0.6) is 0 Å². The van der Waals surface area contributed by atoms with Crippen LogP contribution in [0.25, 0.3) is 10.8 Å². The number of aryl methyl sites for hydroxylation is 1. The fraction of sp³-hybridized carbons (Fsp3) is 0.263. The van der Waals surface area contributed by atoms with Gasteiger partial charge in [-0.3, -0.25) is 4.57 Å². The van der Waals surface area contributed by atoms with Crippen molar-refractivity contribution in [2.24, 2.45) is 4.99 Å². The van der Waals surface area contributed by atoms with Crippen molar-refractivity contribution in [2.75, 3.05) is 0 Å². The molecule has 0 amide bonds. The molecule has 1 N–H and O–H groups in total. The molecule has 1 aromatic heterocycles. The Hall–Kier alpha value is -2.82. The van der Waals surface area contributed by atoms with Gasteiger partial charge in [-0.05, 0) is 42.7 Å². The molecular formula is C19H18N2O3. The molecule has 5 nitrogen and oxygen atoms in total. The summed E-state index contributed by atoms with van der Waals surface area (Å²) in [5.74, 6) is -0.533. The van der Waals surface area contributed by atoms with Crippen molar-refractivity contribution in [1.82, 2.24) is 4.57 Å². The minimum absolute atomic E-state index is 0.102. The summed E-state index contributed by atoms with van der Waals surface area (Å²) in [5.41, 5.74) is 2.47. The van der Waals surface area contributed by atoms with Gasteiger partial charge in [0.2, 0.25) is 5.76 Å². The minimum Gasteiger partial charge on any atom is -0.475 e. The van der Waals surface area contributed by atoms with Crippen LogP contribution in [0.3, 0.4) is 0 Å². The molecule has 122 valence electrons. The van der Waals surface area contributed by atoms with Crippen LogP contribution >= 0.6 is 0 Å². The summed E-state index contributed by atoms with van der Waals surface area (Å²) in [6, 6.07) is 12.4. The zero-order valence-electron chi connectivity index (χ0n) is 13.4. The summed E-state index contributed by atoms with van der Waals surface area (Å²) in [7, 11) is 0. The molecule has 0 bridgehead atoms. The van der Waals surface area contributed by atoms with Gasteiger partial charge in [-0.15, -0.1) is 0 Å². The number of nitrogens with zero attached hydrogens (tertiary/aromatic N) is 2. The zero-order chi connectivity index (χ0) is 16.7. The van der Waals surface area contributed by atoms with Gasteiger partial charge >= 0.3 is 11.7 Å². The summed E-state index contributed by atoms with van der Waals surface area (Å²) in [6.45, 7) is 2.52. The van der Waals surface area contributed by atoms with Crippen molar-refractivity contribution < 1.29 is 14.3 Å². The van der Waals surface area contributed by atoms with E-state index in [0.29, 0.717) is 18.1 Å². The van der Waals surface area contributed by atoms with E-state index >= 15 is 0 Å². The molecule has 1 aliphatic rings. The van der Waals surface area contributed by atoms with E-state index in [9.17, 15) is 4.79 Å². The molecule has 24 heavy (non-hydrogen) atoms. The Morgan fingerprint density at radius 2 is 2.00 bits per heavy atom. The number of carboxylic acid groups (broad SMARTS) is 1. The van der Waals surface area contributed by atoms with Gasteiger partial charge in [0.25, 0.3) is 0 Å². The Morgan fingerprint density at radius 3 is 2.67 bits per heavy atom. The lowest BCUT2D eigenvalue weighted by atomic mass is 10.00. The molecule has 0 saturated heterocycles. The van der Waals surface area contributed by atoms with E-state index in [2.05, 4.69) is 23.2 Å². The van der Waals surface area contributed by atoms with E-state index in [-0.39, 0.29) is 5.76 Å². The maximum Gasteiger partial charge on any atom is 0.373 e. The summed E-state index contributed by atoms with van der Waals surface area (Å²) in [6.07, 6.45) is 3.97. The Bertz CT molecular complexity index is 993. The average molecular weight is 322 g/mol. The molecule has 1 saturated carbocycles. The zero-order valence-corrected chi connectivity index (χ0v) is 13.4. The third kappa shape index (κ3) is 2.52. The van der Waals surface area contributed by atoms with E-state index in [1.165, 1.54) is 30.0 Å². The van der Waals surface area contributed by atoms with Gasteiger partial charge in [0.1, 0.15) is 0 Å². The second-order valence-corrected chi connectivity index (χ2v) is 6.07. The van der Waals surface area contributed by atoms with Gasteiger partial charge < -0.3 is 9.52 Å². The molecule has 0 radical (unpaired) electrons. The number of carboxylic acids is 1. The Kier molecular flexibility index (Phi) is 3.49. The first-order valence-electron chi connectivity index (χ1n) is 8.17. The monoisotopic (exact) mass is 322 g/mol. The lowest BCUT2D eigenvalue weighted by molar-refractivity contribution is 0.0659. The Balaban J connectivity index is 1.92. The van der Waals surface area contributed by atoms with Crippen LogP contribution in [0.1, 0.15) is 41.8 Å². The van der Waals surface area contributed by atoms with Crippen LogP contribution in [-0.2, 0) is 6.54 Å². The molecule has 0 atom stereocenters. The van der Waals surface area contributed by atoms with Gasteiger partial charge in [-0.25, -0.2) is 4.79 Å². The number of oxazole rings is 1. The average Bonchev–Trinajstić information content (AvgIpc) is 3.35. The predicted octanol–water partition coefficient (Wildman–Crippen LogP) is 4.06. The van der Waals surface area contributed by atoms with Crippen LogP contribution in [-0.4, -0.2) is 15.6 Å². The van der Waals surface area contributed by atoms with E-state index in [1.54, 1.807) is 4.57 Å². The predicted molar refractivity (Wildman–Crippen MR) is 90.5 cm³/mol. The van der Waals surface area contributed by atoms with Gasteiger partial charge in [-0.1, -0.05) is 30.3 Å². The first-order valence-corrected chi connectivity index (χ1v) is 8.17. The standard InChI is InChI=1S/C19H18N2O3/c1-2-21-11-17(18(22)23)24-19(21)20-16-10-9-13(12-7-8-12)14-5-3-4-6-15(14)16/h3-6,9-12H,2,7-8H2,1H3,(H,22,23)/b20-19-. The van der Waals surface area contributed by atoms with Crippen LogP contribution in [0.2, 0.25) is 0 Å². The maximum absolute atomic E-state index is 11.1. The highest BCUT2D eigenvalue weighted by Gasteiger charge is 2.25. The van der Waals surface area contributed by atoms with Crippen molar-refractivity contribution in [3.8, 4) is 0 Å². The summed E-state index contributed by atoms with van der Waals surface area (Å²) in [4.78, 5) is 15.7. The van der Waals surface area contributed by atoms with E-state index in [0.717, 1.165) is 11.1 Å². The van der Waals surface area contributed by atoms with Crippen molar-refractivity contribution >= 4 is 22.4 Å². The third-order valence-corrected chi connectivity index (χ3v) is 4.44. The lowest BCUT2D eigenvalue weighted by Crippen LogP contribution is -2.13. The number of benzene rings is 2. The number of aromatic carboxylic acids is 1. The molecule has 0 spiro atoms. The van der Waals surface area contributed by atoms with E-state index < -0.39 is 5.97 Å². The third-order valence-electron chi connectivity index (χ3n) is 4.44. The molecule has 4 rings (SSSR count). The van der Waals surface area contributed by atoms with Crippen molar-refractivity contribution in [1.29, 1.82) is 0 Å². The molecule has 1 fully saturated rings. The second-order valence-electron chi connectivity index (χ2n) is 6.07. The molecule has 2 aromatic carbocycles. The SMILES string of the molecule is CCn1cc(C(=O)O)o/c1=N\c1ccc(C2CC2)c2ccccc12. The first kappa shape index (κ1) is 14.8. The lowest BCUT2D eigenvalue weighted by Gasteiger charge is -2.07. The molecular weight excluding hydrogens is 304 g/mol. The highest BCUT2D eigenvalue weighted by molar-refractivity contribution is 5.95. The number of fused-ring (bicyclic) bond motifs is 1. The van der Waals surface area contributed by atoms with E-state index in [1.807, 2.05) is 25.1 Å². The van der Waals surface area contributed by atoms with E-state index in [4.69, 9.17) is 9.52 Å². The molecule has 5 heteroatoms. The molecule has 1 heterocycles. The molecule has 0 aliphatic heterocycles. The molecule has 1 aliphatic carbocycles. The first-order chi connectivity index (χ1) is 11.7. The Morgan fingerprint density at radius 1 is 1.25 bits per heavy atom. The number of hydrogen-bond donors (Lipinski definition) is 1. The molecule has 3 aromatic rings. The van der Waals surface area contributed by atoms with Crippen LogP contribution < -0.4 is 5.68 Å². The highest BCUT2D eigenvalue weighted by Crippen LogP contribution is 2.44. The van der Waals surface area contributed by atoms with Crippen LogP contribution in [0.4, 0.5) is 5.69 Å². The fourth-order valence-corrected chi connectivity index (χ4v) is 3.05. The van der Waals surface area contributed by atoms with Gasteiger partial charge in [-0.2, -0.15) is 4.99 Å². The second kappa shape index (κ2) is 5.67. The number of rotatable bonds is 4. The largest absolute Gasteiger partial charge is 0.475 e. The van der Waals surface area contributed by atoms with Crippen molar-refractivity contribution in [3.05, 3.63) is 59.6 Å². The summed E-state index contributed by atoms with van der Waals surface area (Å²) in [5, 5.41) is 11.4. The smallest absolute Gasteiger partial charge is 0.373 e. The normalized spacial score (nSPS) is 15.1. The number of aromatic nitrogens is 1. The van der Waals surface area contributed by atoms with Crippen molar-refractivity contribution in [2.45, 2.75) is 32.2 Å². The quantitative estimate of drug-likeness (QED) is 0.787. The topological polar surface area (TPSA) is 67.7 Å². The van der Waals surface area contributed by atoms with Gasteiger partial charge in [0, 0.05) is 11.9 Å². The minimum atomic E-state index is -1.09. The fourth-order valence-electron chi connectivity index (χ4n) is 3.05. The maximum atomic E-state index is 11.1. The van der Waals surface area contributed by atoms with Crippen LogP contribution in [0, 0.1) is 0 Å². The Labute approximate surface area is 138 Å².